The molecule has 30 heavy (non-hydrogen) atoms. The number of hydrogen-bond acceptors (Lipinski definition) is 4. The van der Waals surface area contributed by atoms with Crippen molar-refractivity contribution in [2.45, 2.75) is 52.2 Å². The second-order valence-electron chi connectivity index (χ2n) is 7.18. The molecule has 1 aromatic rings. The molecule has 0 atom stereocenters. The molecule has 1 saturated carbocycles. The molecule has 7 nitrogen and oxygen atoms in total. The Morgan fingerprint density at radius 1 is 1.20 bits per heavy atom. The van der Waals surface area contributed by atoms with Crippen LogP contribution in [0.15, 0.2) is 23.2 Å². The molecule has 2 rings (SSSR count). The molecular weight excluding hydrogens is 394 g/mol. The molecule has 9 heteroatoms. The van der Waals surface area contributed by atoms with Gasteiger partial charge >= 0.3 is 6.61 Å². The summed E-state index contributed by atoms with van der Waals surface area (Å²) in [5.74, 6) is 1.71. The maximum Gasteiger partial charge on any atom is 0.387 e. The highest BCUT2D eigenvalue weighted by atomic mass is 19.3. The zero-order valence-electron chi connectivity index (χ0n) is 17.7. The van der Waals surface area contributed by atoms with Gasteiger partial charge in [-0.25, -0.2) is 4.99 Å². The number of hydrogen-bond donors (Lipinski definition) is 3. The number of carbonyl (C=O) groups is 1. The number of amides is 1. The lowest BCUT2D eigenvalue weighted by Gasteiger charge is -2.14. The summed E-state index contributed by atoms with van der Waals surface area (Å²) < 4.78 is 35.0. The summed E-state index contributed by atoms with van der Waals surface area (Å²) in [5, 5.41) is 9.15. The van der Waals surface area contributed by atoms with Crippen molar-refractivity contribution in [2.75, 3.05) is 26.7 Å². The van der Waals surface area contributed by atoms with E-state index < -0.39 is 6.61 Å². The Kier molecular flexibility index (Phi) is 10.2. The minimum atomic E-state index is -2.92. The fraction of sp³-hybridized carbons (Fsp3) is 0.619. The first-order chi connectivity index (χ1) is 14.5. The Hall–Kier alpha value is -2.58. The topological polar surface area (TPSA) is 84.0 Å². The number of aliphatic imine (C=N–C) groups is 1. The number of nitrogens with zero attached hydrogens (tertiary/aromatic N) is 1. The Labute approximate surface area is 176 Å². The molecule has 0 spiro atoms. The van der Waals surface area contributed by atoms with Crippen molar-refractivity contribution < 1.29 is 23.0 Å². The summed E-state index contributed by atoms with van der Waals surface area (Å²) >= 11 is 0. The Morgan fingerprint density at radius 2 is 1.93 bits per heavy atom. The number of guanidine groups is 1. The van der Waals surface area contributed by atoms with Gasteiger partial charge in [-0.3, -0.25) is 4.79 Å². The van der Waals surface area contributed by atoms with E-state index in [1.807, 2.05) is 6.92 Å². The van der Waals surface area contributed by atoms with E-state index in [4.69, 9.17) is 4.74 Å². The van der Waals surface area contributed by atoms with Gasteiger partial charge in [-0.1, -0.05) is 12.8 Å². The first-order valence-corrected chi connectivity index (χ1v) is 10.4. The van der Waals surface area contributed by atoms with Gasteiger partial charge in [0.2, 0.25) is 5.91 Å². The van der Waals surface area contributed by atoms with Crippen LogP contribution in [0.4, 0.5) is 8.78 Å². The maximum absolute atomic E-state index is 12.7. The van der Waals surface area contributed by atoms with Gasteiger partial charge in [0.15, 0.2) is 5.96 Å². The predicted octanol–water partition coefficient (Wildman–Crippen LogP) is 3.05. The van der Waals surface area contributed by atoms with E-state index in [1.54, 1.807) is 12.1 Å². The van der Waals surface area contributed by atoms with E-state index in [2.05, 4.69) is 25.7 Å². The number of benzene rings is 1. The number of carbonyl (C=O) groups excluding carboxylic acids is 1. The quantitative estimate of drug-likeness (QED) is 0.288. The van der Waals surface area contributed by atoms with Crippen LogP contribution in [-0.2, 0) is 11.3 Å². The number of ether oxygens (including phenoxy) is 2. The fourth-order valence-electron chi connectivity index (χ4n) is 3.45. The van der Waals surface area contributed by atoms with Crippen LogP contribution >= 0.6 is 0 Å². The average Bonchev–Trinajstić information content (AvgIpc) is 3.22. The van der Waals surface area contributed by atoms with E-state index in [0.29, 0.717) is 49.2 Å². The van der Waals surface area contributed by atoms with Crippen molar-refractivity contribution >= 4 is 11.9 Å². The third-order valence-electron chi connectivity index (χ3n) is 4.92. The van der Waals surface area contributed by atoms with Crippen LogP contribution in [-0.4, -0.2) is 45.2 Å². The molecule has 1 aliphatic carbocycles. The number of alkyl halides is 2. The van der Waals surface area contributed by atoms with Gasteiger partial charge in [0, 0.05) is 31.6 Å². The molecule has 0 bridgehead atoms. The summed E-state index contributed by atoms with van der Waals surface area (Å²) in [5.41, 5.74) is 0.483. The minimum absolute atomic E-state index is 0.0598. The van der Waals surface area contributed by atoms with Crippen LogP contribution in [0.5, 0.6) is 11.5 Å². The van der Waals surface area contributed by atoms with Crippen LogP contribution in [0.2, 0.25) is 0 Å². The molecule has 0 radical (unpaired) electrons. The Balaban J connectivity index is 1.86. The molecule has 0 aliphatic heterocycles. The molecule has 0 saturated heterocycles. The van der Waals surface area contributed by atoms with Gasteiger partial charge in [-0.2, -0.15) is 8.78 Å². The third kappa shape index (κ3) is 8.42. The second-order valence-corrected chi connectivity index (χ2v) is 7.18. The lowest BCUT2D eigenvalue weighted by molar-refractivity contribution is -0.121. The lowest BCUT2D eigenvalue weighted by Crippen LogP contribution is -2.41. The van der Waals surface area contributed by atoms with Gasteiger partial charge in [-0.15, -0.1) is 0 Å². The van der Waals surface area contributed by atoms with Gasteiger partial charge in [0.05, 0.1) is 13.7 Å². The summed E-state index contributed by atoms with van der Waals surface area (Å²) in [6, 6.07) is 4.62. The first kappa shape index (κ1) is 23.7. The summed E-state index contributed by atoms with van der Waals surface area (Å²) in [4.78, 5) is 16.4. The van der Waals surface area contributed by atoms with Crippen LogP contribution < -0.4 is 25.4 Å². The molecule has 1 amide bonds. The van der Waals surface area contributed by atoms with E-state index in [9.17, 15) is 13.6 Å². The maximum atomic E-state index is 12.7. The van der Waals surface area contributed by atoms with E-state index in [-0.39, 0.29) is 18.2 Å². The van der Waals surface area contributed by atoms with E-state index in [1.165, 1.54) is 26.0 Å². The molecule has 168 valence electrons. The zero-order valence-corrected chi connectivity index (χ0v) is 17.7. The average molecular weight is 427 g/mol. The highest BCUT2D eigenvalue weighted by molar-refractivity contribution is 5.80. The molecule has 0 heterocycles. The predicted molar refractivity (Wildman–Crippen MR) is 112 cm³/mol. The van der Waals surface area contributed by atoms with E-state index in [0.717, 1.165) is 12.8 Å². The van der Waals surface area contributed by atoms with Crippen LogP contribution in [0.1, 0.15) is 44.6 Å². The fourth-order valence-corrected chi connectivity index (χ4v) is 3.45. The summed E-state index contributed by atoms with van der Waals surface area (Å²) in [6.45, 7) is 0.758. The molecule has 1 aromatic carbocycles. The van der Waals surface area contributed by atoms with Crippen molar-refractivity contribution in [3.8, 4) is 11.5 Å². The number of rotatable bonds is 11. The molecular formula is C21H32F2N4O3. The zero-order chi connectivity index (χ0) is 21.8. The highest BCUT2D eigenvalue weighted by Crippen LogP contribution is 2.27. The molecule has 3 N–H and O–H groups in total. The van der Waals surface area contributed by atoms with Crippen molar-refractivity contribution in [2.24, 2.45) is 10.9 Å². The number of nitrogens with one attached hydrogen (secondary N) is 3. The van der Waals surface area contributed by atoms with Gasteiger partial charge < -0.3 is 25.4 Å². The SMILES string of the molecule is CCNC(=NCc1cc(OC)ccc1OC(F)F)NCCNC(=O)CC1CCCC1. The van der Waals surface area contributed by atoms with Crippen molar-refractivity contribution in [1.29, 1.82) is 0 Å². The van der Waals surface area contributed by atoms with Gasteiger partial charge in [0.1, 0.15) is 11.5 Å². The summed E-state index contributed by atoms with van der Waals surface area (Å²) in [6.07, 6.45) is 5.32. The monoisotopic (exact) mass is 426 g/mol. The van der Waals surface area contributed by atoms with Gasteiger partial charge in [-0.05, 0) is 43.9 Å². The molecule has 1 fully saturated rings. The number of methoxy groups -OCH3 is 1. The smallest absolute Gasteiger partial charge is 0.387 e. The Bertz CT molecular complexity index is 695. The van der Waals surface area contributed by atoms with Gasteiger partial charge in [0.25, 0.3) is 0 Å². The van der Waals surface area contributed by atoms with Crippen molar-refractivity contribution in [3.63, 3.8) is 0 Å². The van der Waals surface area contributed by atoms with Crippen molar-refractivity contribution in [1.82, 2.24) is 16.0 Å². The van der Waals surface area contributed by atoms with Crippen LogP contribution in [0, 0.1) is 5.92 Å². The second kappa shape index (κ2) is 12.9. The Morgan fingerprint density at radius 3 is 2.60 bits per heavy atom. The summed E-state index contributed by atoms with van der Waals surface area (Å²) in [7, 11) is 1.50. The van der Waals surface area contributed by atoms with Crippen LogP contribution in [0.25, 0.3) is 0 Å². The molecule has 0 unspecified atom stereocenters. The largest absolute Gasteiger partial charge is 0.497 e. The third-order valence-corrected chi connectivity index (χ3v) is 4.92. The minimum Gasteiger partial charge on any atom is -0.497 e. The van der Waals surface area contributed by atoms with Crippen LogP contribution in [0.3, 0.4) is 0 Å². The lowest BCUT2D eigenvalue weighted by atomic mass is 10.0. The molecule has 0 aromatic heterocycles. The first-order valence-electron chi connectivity index (χ1n) is 10.4. The van der Waals surface area contributed by atoms with E-state index >= 15 is 0 Å². The number of halogens is 2. The standard InChI is InChI=1S/C21H32F2N4O3/c1-3-24-21(26-11-10-25-19(28)12-15-6-4-5-7-15)27-14-16-13-17(29-2)8-9-18(16)30-20(22)23/h8-9,13,15,20H,3-7,10-12,14H2,1-2H3,(H,25,28)(H2,24,26,27). The van der Waals surface area contributed by atoms with Crippen molar-refractivity contribution in [3.05, 3.63) is 23.8 Å². The normalized spacial score (nSPS) is 14.6. The highest BCUT2D eigenvalue weighted by Gasteiger charge is 2.18. The molecule has 1 aliphatic rings.